The molecule has 0 N–H and O–H groups in total. The molecule has 0 aliphatic heterocycles. The number of hydrogen-bond acceptors (Lipinski definition) is 2. The zero-order valence-electron chi connectivity index (χ0n) is 12.4. The highest BCUT2D eigenvalue weighted by Crippen LogP contribution is 2.48. The first-order valence-corrected chi connectivity index (χ1v) is 7.60. The highest BCUT2D eigenvalue weighted by molar-refractivity contribution is 5.76. The van der Waals surface area contributed by atoms with Crippen LogP contribution in [0.5, 0.6) is 0 Å². The smallest absolute Gasteiger partial charge is 0.312 e. The van der Waals surface area contributed by atoms with Crippen molar-refractivity contribution in [2.45, 2.75) is 78.2 Å². The number of hydrogen-bond donors (Lipinski definition) is 0. The van der Waals surface area contributed by atoms with Crippen LogP contribution in [0.1, 0.15) is 72.6 Å². The fraction of sp³-hybridized carbons (Fsp3) is 0.938. The third-order valence-electron chi connectivity index (χ3n) is 5.11. The molecule has 18 heavy (non-hydrogen) atoms. The topological polar surface area (TPSA) is 26.3 Å². The second kappa shape index (κ2) is 4.86. The standard InChI is InChI=1S/C16H28O2/c1-5-15(3,4)14(17)18-16-8-6-7-13(11-16)9-12(2)10-16/h12-13H,5-11H2,1-4H3. The van der Waals surface area contributed by atoms with Gasteiger partial charge in [0.15, 0.2) is 0 Å². The summed E-state index contributed by atoms with van der Waals surface area (Å²) in [6.07, 6.45) is 8.02. The van der Waals surface area contributed by atoms with E-state index < -0.39 is 0 Å². The van der Waals surface area contributed by atoms with Gasteiger partial charge in [-0.2, -0.15) is 0 Å². The summed E-state index contributed by atoms with van der Waals surface area (Å²) in [6.45, 7) is 8.37. The van der Waals surface area contributed by atoms with Crippen molar-refractivity contribution in [3.8, 4) is 0 Å². The van der Waals surface area contributed by atoms with Crippen LogP contribution in [0, 0.1) is 17.3 Å². The molecule has 2 saturated carbocycles. The van der Waals surface area contributed by atoms with Gasteiger partial charge in [-0.25, -0.2) is 0 Å². The molecule has 2 aliphatic rings. The third-order valence-corrected chi connectivity index (χ3v) is 5.11. The van der Waals surface area contributed by atoms with Crippen molar-refractivity contribution in [1.29, 1.82) is 0 Å². The van der Waals surface area contributed by atoms with Gasteiger partial charge in [0.25, 0.3) is 0 Å². The Balaban J connectivity index is 2.08. The maximum absolute atomic E-state index is 12.3. The summed E-state index contributed by atoms with van der Waals surface area (Å²) in [4.78, 5) is 12.3. The molecule has 2 aliphatic carbocycles. The molecule has 0 aromatic heterocycles. The molecule has 2 bridgehead atoms. The number of fused-ring (bicyclic) bond motifs is 2. The summed E-state index contributed by atoms with van der Waals surface area (Å²) in [5.74, 6) is 1.52. The van der Waals surface area contributed by atoms with Crippen LogP contribution in [0.4, 0.5) is 0 Å². The molecule has 2 rings (SSSR count). The summed E-state index contributed by atoms with van der Waals surface area (Å²) in [5.41, 5.74) is -0.452. The van der Waals surface area contributed by atoms with Crippen LogP contribution in [0.15, 0.2) is 0 Å². The molecule has 3 atom stereocenters. The average molecular weight is 252 g/mol. The Morgan fingerprint density at radius 1 is 1.39 bits per heavy atom. The van der Waals surface area contributed by atoms with Crippen LogP contribution in [0.3, 0.4) is 0 Å². The highest BCUT2D eigenvalue weighted by Gasteiger charge is 2.46. The van der Waals surface area contributed by atoms with Crippen molar-refractivity contribution >= 4 is 5.97 Å². The normalized spacial score (nSPS) is 36.2. The molecule has 2 nitrogen and oxygen atoms in total. The quantitative estimate of drug-likeness (QED) is 0.699. The Bertz CT molecular complexity index is 317. The van der Waals surface area contributed by atoms with Crippen LogP contribution in [-0.4, -0.2) is 11.6 Å². The fourth-order valence-electron chi connectivity index (χ4n) is 3.73. The number of ether oxygens (including phenoxy) is 1. The molecule has 0 aromatic rings. The van der Waals surface area contributed by atoms with Crippen LogP contribution >= 0.6 is 0 Å². The molecule has 104 valence electrons. The van der Waals surface area contributed by atoms with Crippen molar-refractivity contribution < 1.29 is 9.53 Å². The van der Waals surface area contributed by atoms with Crippen molar-refractivity contribution in [3.05, 3.63) is 0 Å². The molecular formula is C16H28O2. The van der Waals surface area contributed by atoms with E-state index in [9.17, 15) is 4.79 Å². The Hall–Kier alpha value is -0.530. The molecule has 0 heterocycles. The lowest BCUT2D eigenvalue weighted by Crippen LogP contribution is -2.47. The van der Waals surface area contributed by atoms with Crippen LogP contribution in [-0.2, 0) is 9.53 Å². The Morgan fingerprint density at radius 2 is 2.11 bits per heavy atom. The molecule has 0 radical (unpaired) electrons. The number of esters is 1. The Kier molecular flexibility index (Phi) is 3.75. The van der Waals surface area contributed by atoms with E-state index in [2.05, 4.69) is 13.8 Å². The predicted octanol–water partition coefficient (Wildman–Crippen LogP) is 4.32. The minimum absolute atomic E-state index is 0.0137. The lowest BCUT2D eigenvalue weighted by Gasteiger charge is -2.47. The van der Waals surface area contributed by atoms with Crippen molar-refractivity contribution in [1.82, 2.24) is 0 Å². The zero-order chi connectivity index (χ0) is 13.4. The van der Waals surface area contributed by atoms with E-state index >= 15 is 0 Å². The Labute approximate surface area is 111 Å². The van der Waals surface area contributed by atoms with Gasteiger partial charge >= 0.3 is 5.97 Å². The first-order chi connectivity index (χ1) is 8.37. The van der Waals surface area contributed by atoms with Gasteiger partial charge in [-0.15, -0.1) is 0 Å². The van der Waals surface area contributed by atoms with Gasteiger partial charge in [0.05, 0.1) is 5.41 Å². The predicted molar refractivity (Wildman–Crippen MR) is 73.3 cm³/mol. The van der Waals surface area contributed by atoms with E-state index in [1.165, 1.54) is 19.3 Å². The summed E-state index contributed by atoms with van der Waals surface area (Å²) < 4.78 is 6.04. The highest BCUT2D eigenvalue weighted by atomic mass is 16.6. The van der Waals surface area contributed by atoms with Gasteiger partial charge < -0.3 is 4.74 Å². The van der Waals surface area contributed by atoms with Gasteiger partial charge in [-0.3, -0.25) is 4.79 Å². The van der Waals surface area contributed by atoms with Crippen LogP contribution in [0.25, 0.3) is 0 Å². The molecular weight excluding hydrogens is 224 g/mol. The van der Waals surface area contributed by atoms with Gasteiger partial charge in [0.2, 0.25) is 0 Å². The molecule has 0 amide bonds. The van der Waals surface area contributed by atoms with E-state index in [-0.39, 0.29) is 17.0 Å². The molecule has 2 heteroatoms. The lowest BCUT2D eigenvalue weighted by atomic mass is 9.65. The second-order valence-corrected chi connectivity index (χ2v) is 7.32. The maximum Gasteiger partial charge on any atom is 0.312 e. The van der Waals surface area contributed by atoms with Gasteiger partial charge in [-0.05, 0) is 64.2 Å². The third kappa shape index (κ3) is 2.73. The molecule has 0 aromatic carbocycles. The van der Waals surface area contributed by atoms with E-state index in [4.69, 9.17) is 4.74 Å². The SMILES string of the molecule is CCC(C)(C)C(=O)OC12CCCC(CC(C)C1)C2. The minimum Gasteiger partial charge on any atom is -0.459 e. The first kappa shape index (κ1) is 13.9. The fourth-order valence-corrected chi connectivity index (χ4v) is 3.73. The van der Waals surface area contributed by atoms with E-state index in [0.717, 1.165) is 31.6 Å². The lowest BCUT2D eigenvalue weighted by molar-refractivity contribution is -0.183. The monoisotopic (exact) mass is 252 g/mol. The summed E-state index contributed by atoms with van der Waals surface area (Å²) in [6, 6.07) is 0. The van der Waals surface area contributed by atoms with E-state index in [1.807, 2.05) is 13.8 Å². The van der Waals surface area contributed by atoms with Crippen molar-refractivity contribution in [3.63, 3.8) is 0 Å². The van der Waals surface area contributed by atoms with E-state index in [1.54, 1.807) is 0 Å². The largest absolute Gasteiger partial charge is 0.459 e. The number of rotatable bonds is 3. The number of carbonyl (C=O) groups is 1. The molecule has 0 spiro atoms. The van der Waals surface area contributed by atoms with Gasteiger partial charge in [0, 0.05) is 0 Å². The van der Waals surface area contributed by atoms with Gasteiger partial charge in [0.1, 0.15) is 5.60 Å². The van der Waals surface area contributed by atoms with Gasteiger partial charge in [-0.1, -0.05) is 20.3 Å². The average Bonchev–Trinajstić information content (AvgIpc) is 2.27. The van der Waals surface area contributed by atoms with Crippen LogP contribution in [0.2, 0.25) is 0 Å². The molecule has 3 unspecified atom stereocenters. The zero-order valence-corrected chi connectivity index (χ0v) is 12.4. The maximum atomic E-state index is 12.3. The molecule has 0 saturated heterocycles. The Morgan fingerprint density at radius 3 is 2.78 bits per heavy atom. The van der Waals surface area contributed by atoms with E-state index in [0.29, 0.717) is 5.92 Å². The second-order valence-electron chi connectivity index (χ2n) is 7.32. The molecule has 2 fully saturated rings. The minimum atomic E-state index is -0.331. The summed E-state index contributed by atoms with van der Waals surface area (Å²) in [7, 11) is 0. The van der Waals surface area contributed by atoms with Crippen LogP contribution < -0.4 is 0 Å². The summed E-state index contributed by atoms with van der Waals surface area (Å²) >= 11 is 0. The summed E-state index contributed by atoms with van der Waals surface area (Å²) in [5, 5.41) is 0. The first-order valence-electron chi connectivity index (χ1n) is 7.60. The van der Waals surface area contributed by atoms with Crippen molar-refractivity contribution in [2.75, 3.05) is 0 Å². The number of carbonyl (C=O) groups excluding carboxylic acids is 1. The van der Waals surface area contributed by atoms with Crippen molar-refractivity contribution in [2.24, 2.45) is 17.3 Å².